The van der Waals surface area contributed by atoms with E-state index >= 15 is 0 Å². The molecule has 5 nitrogen and oxygen atoms in total. The van der Waals surface area contributed by atoms with E-state index in [4.69, 9.17) is 4.74 Å². The molecule has 1 aromatic heterocycles. The van der Waals surface area contributed by atoms with Gasteiger partial charge in [-0.05, 0) is 29.7 Å². The van der Waals surface area contributed by atoms with Crippen molar-refractivity contribution >= 4 is 11.7 Å². The van der Waals surface area contributed by atoms with E-state index in [0.717, 1.165) is 0 Å². The van der Waals surface area contributed by atoms with Crippen LogP contribution in [0.1, 0.15) is 20.8 Å². The zero-order chi connectivity index (χ0) is 17.6. The van der Waals surface area contributed by atoms with E-state index in [1.807, 2.05) is 20.8 Å². The highest BCUT2D eigenvalue weighted by Crippen LogP contribution is 2.22. The fraction of sp³-hybridized carbons (Fsp3) is 0.333. The summed E-state index contributed by atoms with van der Waals surface area (Å²) in [4.78, 5) is 16.1. The summed E-state index contributed by atoms with van der Waals surface area (Å²) in [5.41, 5.74) is 0.381. The van der Waals surface area contributed by atoms with Gasteiger partial charge in [0.25, 0.3) is 0 Å². The van der Waals surface area contributed by atoms with Gasteiger partial charge in [0.05, 0.1) is 6.04 Å². The van der Waals surface area contributed by atoms with Crippen LogP contribution in [0.5, 0.6) is 5.75 Å². The van der Waals surface area contributed by atoms with E-state index in [2.05, 4.69) is 15.6 Å². The summed E-state index contributed by atoms with van der Waals surface area (Å²) in [6, 6.07) is 8.94. The summed E-state index contributed by atoms with van der Waals surface area (Å²) in [6.45, 7) is 6.10. The van der Waals surface area contributed by atoms with Gasteiger partial charge in [0.1, 0.15) is 6.61 Å². The van der Waals surface area contributed by atoms with E-state index < -0.39 is 5.82 Å². The molecule has 1 aromatic carbocycles. The zero-order valence-corrected chi connectivity index (χ0v) is 14.0. The third-order valence-corrected chi connectivity index (χ3v) is 3.53. The molecule has 1 unspecified atom stereocenters. The molecule has 24 heavy (non-hydrogen) atoms. The first kappa shape index (κ1) is 17.7. The Morgan fingerprint density at radius 3 is 2.50 bits per heavy atom. The fourth-order valence-electron chi connectivity index (χ4n) is 2.00. The number of aromatic nitrogens is 1. The highest BCUT2D eigenvalue weighted by molar-refractivity contribution is 5.89. The van der Waals surface area contributed by atoms with Crippen LogP contribution in [-0.4, -0.2) is 23.7 Å². The van der Waals surface area contributed by atoms with Crippen molar-refractivity contribution < 1.29 is 13.9 Å². The van der Waals surface area contributed by atoms with Gasteiger partial charge < -0.3 is 15.4 Å². The normalized spacial score (nSPS) is 12.3. The van der Waals surface area contributed by atoms with E-state index in [9.17, 15) is 9.18 Å². The molecule has 0 spiro atoms. The molecule has 0 aliphatic carbocycles. The second-order valence-corrected chi connectivity index (χ2v) is 6.49. The van der Waals surface area contributed by atoms with Gasteiger partial charge >= 0.3 is 6.03 Å². The van der Waals surface area contributed by atoms with Gasteiger partial charge in [-0.25, -0.2) is 9.18 Å². The molecule has 0 aliphatic heterocycles. The molecule has 1 heterocycles. The summed E-state index contributed by atoms with van der Waals surface area (Å²) in [7, 11) is 0. The molecule has 128 valence electrons. The fourth-order valence-corrected chi connectivity index (χ4v) is 2.00. The monoisotopic (exact) mass is 331 g/mol. The van der Waals surface area contributed by atoms with Crippen molar-refractivity contribution in [2.45, 2.75) is 26.8 Å². The second kappa shape index (κ2) is 7.77. The van der Waals surface area contributed by atoms with Crippen LogP contribution < -0.4 is 15.4 Å². The van der Waals surface area contributed by atoms with Gasteiger partial charge in [-0.2, -0.15) is 0 Å². The van der Waals surface area contributed by atoms with Crippen LogP contribution in [0, 0.1) is 11.2 Å². The van der Waals surface area contributed by atoms with Crippen LogP contribution in [0.4, 0.5) is 14.9 Å². The average molecular weight is 331 g/mol. The third kappa shape index (κ3) is 5.22. The maximum absolute atomic E-state index is 13.7. The van der Waals surface area contributed by atoms with Crippen molar-refractivity contribution in [1.29, 1.82) is 0 Å². The Bertz CT molecular complexity index is 671. The van der Waals surface area contributed by atoms with E-state index in [1.54, 1.807) is 42.7 Å². The minimum Gasteiger partial charge on any atom is -0.488 e. The number of para-hydroxylation sites is 1. The smallest absolute Gasteiger partial charge is 0.319 e. The molecule has 2 rings (SSSR count). The van der Waals surface area contributed by atoms with Crippen LogP contribution in [0.15, 0.2) is 48.8 Å². The minimum atomic E-state index is -0.425. The number of benzene rings is 1. The molecule has 0 aliphatic rings. The Balaban J connectivity index is 1.98. The molecule has 2 N–H and O–H groups in total. The quantitative estimate of drug-likeness (QED) is 0.875. The number of pyridine rings is 1. The molecule has 6 heteroatoms. The first-order valence-electron chi connectivity index (χ1n) is 7.71. The first-order chi connectivity index (χ1) is 11.4. The SMILES string of the molecule is CC(C)(C)C(COc1ccccc1F)NC(=O)Nc1ccncc1. The van der Waals surface area contributed by atoms with Gasteiger partial charge in [-0.3, -0.25) is 4.98 Å². The number of amides is 2. The minimum absolute atomic E-state index is 0.161. The topological polar surface area (TPSA) is 63.2 Å². The molecule has 0 bridgehead atoms. The largest absolute Gasteiger partial charge is 0.488 e. The highest BCUT2D eigenvalue weighted by atomic mass is 19.1. The molecule has 2 aromatic rings. The van der Waals surface area contributed by atoms with Crippen molar-refractivity contribution in [3.05, 3.63) is 54.6 Å². The maximum Gasteiger partial charge on any atom is 0.319 e. The third-order valence-electron chi connectivity index (χ3n) is 3.53. The Morgan fingerprint density at radius 1 is 1.21 bits per heavy atom. The highest BCUT2D eigenvalue weighted by Gasteiger charge is 2.27. The zero-order valence-electron chi connectivity index (χ0n) is 14.0. The Kier molecular flexibility index (Phi) is 5.73. The van der Waals surface area contributed by atoms with E-state index in [1.165, 1.54) is 6.07 Å². The van der Waals surface area contributed by atoms with Crippen molar-refractivity contribution in [1.82, 2.24) is 10.3 Å². The van der Waals surface area contributed by atoms with Crippen LogP contribution in [0.2, 0.25) is 0 Å². The van der Waals surface area contributed by atoms with Gasteiger partial charge in [0.15, 0.2) is 11.6 Å². The standard InChI is InChI=1S/C18H22FN3O2/c1-18(2,3)16(12-24-15-7-5-4-6-14(15)19)22-17(23)21-13-8-10-20-11-9-13/h4-11,16H,12H2,1-3H3,(H2,20,21,22,23). The molecule has 0 radical (unpaired) electrons. The van der Waals surface area contributed by atoms with Crippen molar-refractivity contribution in [3.63, 3.8) is 0 Å². The Labute approximate surface area is 141 Å². The number of hydrogen-bond donors (Lipinski definition) is 2. The molecular weight excluding hydrogens is 309 g/mol. The summed E-state index contributed by atoms with van der Waals surface area (Å²) in [5.74, 6) is -0.255. The lowest BCUT2D eigenvalue weighted by molar-refractivity contribution is 0.171. The predicted octanol–water partition coefficient (Wildman–Crippen LogP) is 3.84. The Hall–Kier alpha value is -2.63. The summed E-state index contributed by atoms with van der Waals surface area (Å²) >= 11 is 0. The predicted molar refractivity (Wildman–Crippen MR) is 91.5 cm³/mol. The number of hydrogen-bond acceptors (Lipinski definition) is 3. The van der Waals surface area contributed by atoms with Crippen LogP contribution >= 0.6 is 0 Å². The van der Waals surface area contributed by atoms with Gasteiger partial charge in [0.2, 0.25) is 0 Å². The Morgan fingerprint density at radius 2 is 1.88 bits per heavy atom. The summed E-state index contributed by atoms with van der Waals surface area (Å²) in [5, 5.41) is 5.61. The number of urea groups is 1. The van der Waals surface area contributed by atoms with Crippen molar-refractivity contribution in [2.75, 3.05) is 11.9 Å². The average Bonchev–Trinajstić information content (AvgIpc) is 2.52. The van der Waals surface area contributed by atoms with Gasteiger partial charge in [-0.15, -0.1) is 0 Å². The summed E-state index contributed by atoms with van der Waals surface area (Å²) < 4.78 is 19.2. The lowest BCUT2D eigenvalue weighted by Gasteiger charge is -2.31. The number of rotatable bonds is 5. The number of carbonyl (C=O) groups is 1. The molecule has 0 saturated carbocycles. The van der Waals surface area contributed by atoms with Gasteiger partial charge in [0, 0.05) is 18.1 Å². The second-order valence-electron chi connectivity index (χ2n) is 6.49. The number of nitrogens with zero attached hydrogens (tertiary/aromatic N) is 1. The van der Waals surface area contributed by atoms with Crippen molar-refractivity contribution in [3.8, 4) is 5.75 Å². The van der Waals surface area contributed by atoms with Gasteiger partial charge in [-0.1, -0.05) is 32.9 Å². The summed E-state index contributed by atoms with van der Waals surface area (Å²) in [6.07, 6.45) is 3.19. The first-order valence-corrected chi connectivity index (χ1v) is 7.71. The molecule has 1 atom stereocenters. The maximum atomic E-state index is 13.7. The van der Waals surface area contributed by atoms with E-state index in [-0.39, 0.29) is 29.8 Å². The number of nitrogens with one attached hydrogen (secondary N) is 2. The van der Waals surface area contributed by atoms with Crippen LogP contribution in [0.25, 0.3) is 0 Å². The lowest BCUT2D eigenvalue weighted by Crippen LogP contribution is -2.49. The molecule has 0 fully saturated rings. The number of anilines is 1. The number of halogens is 1. The van der Waals surface area contributed by atoms with Crippen LogP contribution in [-0.2, 0) is 0 Å². The molecular formula is C18H22FN3O2. The van der Waals surface area contributed by atoms with Crippen molar-refractivity contribution in [2.24, 2.45) is 5.41 Å². The van der Waals surface area contributed by atoms with E-state index in [0.29, 0.717) is 5.69 Å². The van der Waals surface area contributed by atoms with Crippen LogP contribution in [0.3, 0.4) is 0 Å². The lowest BCUT2D eigenvalue weighted by atomic mass is 9.87. The molecule has 0 saturated heterocycles. The molecule has 2 amide bonds. The number of ether oxygens (including phenoxy) is 1. The number of carbonyl (C=O) groups excluding carboxylic acids is 1.